The van der Waals surface area contributed by atoms with Gasteiger partial charge >= 0.3 is 0 Å². The zero-order valence-electron chi connectivity index (χ0n) is 8.76. The van der Waals surface area contributed by atoms with Gasteiger partial charge in [0.05, 0.1) is 6.61 Å². The van der Waals surface area contributed by atoms with Crippen LogP contribution in [-0.4, -0.2) is 12.2 Å². The zero-order valence-corrected chi connectivity index (χ0v) is 9.52. The maximum atomic E-state index is 5.60. The molecule has 0 aliphatic heterocycles. The minimum Gasteiger partial charge on any atom is -0.359 e. The van der Waals surface area contributed by atoms with E-state index < -0.39 is 0 Å². The van der Waals surface area contributed by atoms with Crippen molar-refractivity contribution in [2.24, 2.45) is 0 Å². The van der Waals surface area contributed by atoms with Crippen molar-refractivity contribution in [1.82, 2.24) is 0 Å². The van der Waals surface area contributed by atoms with Crippen LogP contribution in [0.5, 0.6) is 0 Å². The standard InChI is InChI=1S/C11H21ClO/c1-3-4-5-6-7-8-9-10-13-11(2)12/h8-9,11H,3-7,10H2,1-2H3. The summed E-state index contributed by atoms with van der Waals surface area (Å²) >= 11 is 5.60. The molecule has 0 saturated heterocycles. The molecule has 0 radical (unpaired) electrons. The van der Waals surface area contributed by atoms with Crippen molar-refractivity contribution >= 4 is 11.6 Å². The predicted molar refractivity (Wildman–Crippen MR) is 59.2 cm³/mol. The van der Waals surface area contributed by atoms with Crippen LogP contribution in [0.4, 0.5) is 0 Å². The van der Waals surface area contributed by atoms with E-state index in [2.05, 4.69) is 13.0 Å². The first kappa shape index (κ1) is 13.0. The molecule has 0 bridgehead atoms. The molecule has 0 heterocycles. The van der Waals surface area contributed by atoms with Gasteiger partial charge in [0.15, 0.2) is 0 Å². The van der Waals surface area contributed by atoms with Gasteiger partial charge in [-0.05, 0) is 19.8 Å². The lowest BCUT2D eigenvalue weighted by molar-refractivity contribution is 0.146. The number of hydrogen-bond donors (Lipinski definition) is 0. The van der Waals surface area contributed by atoms with Crippen molar-refractivity contribution in [2.45, 2.75) is 51.5 Å². The highest BCUT2D eigenvalue weighted by Crippen LogP contribution is 2.03. The predicted octanol–water partition coefficient (Wildman–Crippen LogP) is 4.11. The van der Waals surface area contributed by atoms with E-state index in [1.54, 1.807) is 0 Å². The summed E-state index contributed by atoms with van der Waals surface area (Å²) < 4.78 is 5.15. The summed E-state index contributed by atoms with van der Waals surface area (Å²) in [4.78, 5) is 0. The lowest BCUT2D eigenvalue weighted by atomic mass is 10.1. The van der Waals surface area contributed by atoms with E-state index in [0.29, 0.717) is 6.61 Å². The molecular weight excluding hydrogens is 184 g/mol. The third kappa shape index (κ3) is 12.0. The normalized spacial score (nSPS) is 13.8. The molecule has 0 aromatic carbocycles. The minimum atomic E-state index is -0.176. The molecule has 1 atom stereocenters. The van der Waals surface area contributed by atoms with Crippen LogP contribution in [-0.2, 0) is 4.74 Å². The summed E-state index contributed by atoms with van der Waals surface area (Å²) in [5.41, 5.74) is -0.176. The Kier molecular flexibility index (Phi) is 10.1. The summed E-state index contributed by atoms with van der Waals surface area (Å²) in [7, 11) is 0. The SMILES string of the molecule is CCCCCCC=CCOC(C)Cl. The number of halogens is 1. The molecule has 0 aliphatic carbocycles. The Morgan fingerprint density at radius 1 is 1.23 bits per heavy atom. The molecule has 1 unspecified atom stereocenters. The fourth-order valence-corrected chi connectivity index (χ4v) is 1.14. The summed E-state index contributed by atoms with van der Waals surface area (Å²) in [5, 5.41) is 0. The monoisotopic (exact) mass is 204 g/mol. The molecule has 0 rings (SSSR count). The van der Waals surface area contributed by atoms with E-state index in [1.807, 2.05) is 13.0 Å². The number of ether oxygens (including phenoxy) is 1. The highest BCUT2D eigenvalue weighted by molar-refractivity contribution is 6.19. The van der Waals surface area contributed by atoms with Gasteiger partial charge in [0.2, 0.25) is 0 Å². The first-order chi connectivity index (χ1) is 6.27. The van der Waals surface area contributed by atoms with Crippen LogP contribution >= 0.6 is 11.6 Å². The number of alkyl halides is 1. The number of allylic oxidation sites excluding steroid dienone is 1. The fourth-order valence-electron chi connectivity index (χ4n) is 1.06. The van der Waals surface area contributed by atoms with Gasteiger partial charge in [-0.25, -0.2) is 0 Å². The Balaban J connectivity index is 3.03. The average molecular weight is 205 g/mol. The van der Waals surface area contributed by atoms with Gasteiger partial charge in [-0.3, -0.25) is 0 Å². The lowest BCUT2D eigenvalue weighted by Gasteiger charge is -2.00. The van der Waals surface area contributed by atoms with E-state index >= 15 is 0 Å². The van der Waals surface area contributed by atoms with Gasteiger partial charge < -0.3 is 4.74 Å². The van der Waals surface area contributed by atoms with Gasteiger partial charge in [0.25, 0.3) is 0 Å². The average Bonchev–Trinajstić information content (AvgIpc) is 2.09. The summed E-state index contributed by atoms with van der Waals surface area (Å²) in [6.45, 7) is 4.70. The second-order valence-electron chi connectivity index (χ2n) is 3.20. The van der Waals surface area contributed by atoms with Crippen molar-refractivity contribution in [1.29, 1.82) is 0 Å². The number of rotatable bonds is 8. The lowest BCUT2D eigenvalue weighted by Crippen LogP contribution is -1.98. The number of hydrogen-bond acceptors (Lipinski definition) is 1. The molecule has 0 N–H and O–H groups in total. The van der Waals surface area contributed by atoms with Crippen molar-refractivity contribution in [3.05, 3.63) is 12.2 Å². The Bertz CT molecular complexity index is 121. The van der Waals surface area contributed by atoms with Crippen LogP contribution in [0, 0.1) is 0 Å². The number of unbranched alkanes of at least 4 members (excludes halogenated alkanes) is 4. The summed E-state index contributed by atoms with van der Waals surface area (Å²) in [6.07, 6.45) is 10.7. The molecule has 0 amide bonds. The summed E-state index contributed by atoms with van der Waals surface area (Å²) in [5.74, 6) is 0. The third-order valence-electron chi connectivity index (χ3n) is 1.81. The Hall–Kier alpha value is -0.0100. The van der Waals surface area contributed by atoms with Crippen molar-refractivity contribution in [3.8, 4) is 0 Å². The third-order valence-corrected chi connectivity index (χ3v) is 1.94. The highest BCUT2D eigenvalue weighted by atomic mass is 35.5. The topological polar surface area (TPSA) is 9.23 Å². The quantitative estimate of drug-likeness (QED) is 0.329. The van der Waals surface area contributed by atoms with E-state index in [-0.39, 0.29) is 5.56 Å². The Labute approximate surface area is 87.1 Å². The zero-order chi connectivity index (χ0) is 9.94. The molecular formula is C11H21ClO. The fraction of sp³-hybridized carbons (Fsp3) is 0.818. The van der Waals surface area contributed by atoms with Gasteiger partial charge in [0, 0.05) is 0 Å². The molecule has 0 spiro atoms. The van der Waals surface area contributed by atoms with Crippen LogP contribution in [0.3, 0.4) is 0 Å². The van der Waals surface area contributed by atoms with Gasteiger partial charge in [-0.2, -0.15) is 0 Å². The largest absolute Gasteiger partial charge is 0.359 e. The van der Waals surface area contributed by atoms with Crippen molar-refractivity contribution < 1.29 is 4.74 Å². The van der Waals surface area contributed by atoms with Gasteiger partial charge in [-0.1, -0.05) is 49.9 Å². The molecule has 0 saturated carbocycles. The molecule has 0 aromatic heterocycles. The van der Waals surface area contributed by atoms with E-state index in [0.717, 1.165) is 0 Å². The van der Waals surface area contributed by atoms with Crippen molar-refractivity contribution in [2.75, 3.05) is 6.61 Å². The van der Waals surface area contributed by atoms with E-state index in [9.17, 15) is 0 Å². The minimum absolute atomic E-state index is 0.176. The van der Waals surface area contributed by atoms with Gasteiger partial charge in [0.1, 0.15) is 5.56 Å². The van der Waals surface area contributed by atoms with Crippen LogP contribution in [0.25, 0.3) is 0 Å². The second kappa shape index (κ2) is 10.1. The van der Waals surface area contributed by atoms with Crippen LogP contribution < -0.4 is 0 Å². The maximum absolute atomic E-state index is 5.60. The molecule has 0 aromatic rings. The first-order valence-corrected chi connectivity index (χ1v) is 5.61. The molecule has 1 nitrogen and oxygen atoms in total. The van der Waals surface area contributed by atoms with Crippen LogP contribution in [0.2, 0.25) is 0 Å². The molecule has 78 valence electrons. The second-order valence-corrected chi connectivity index (χ2v) is 3.81. The van der Waals surface area contributed by atoms with E-state index in [1.165, 1.54) is 32.1 Å². The van der Waals surface area contributed by atoms with Crippen molar-refractivity contribution in [3.63, 3.8) is 0 Å². The molecule has 13 heavy (non-hydrogen) atoms. The Morgan fingerprint density at radius 2 is 2.00 bits per heavy atom. The Morgan fingerprint density at radius 3 is 2.62 bits per heavy atom. The molecule has 0 fully saturated rings. The van der Waals surface area contributed by atoms with E-state index in [4.69, 9.17) is 16.3 Å². The molecule has 2 heteroatoms. The van der Waals surface area contributed by atoms with Gasteiger partial charge in [-0.15, -0.1) is 0 Å². The van der Waals surface area contributed by atoms with Crippen LogP contribution in [0.1, 0.15) is 46.0 Å². The maximum Gasteiger partial charge on any atom is 0.128 e. The summed E-state index contributed by atoms with van der Waals surface area (Å²) in [6, 6.07) is 0. The molecule has 0 aliphatic rings. The first-order valence-electron chi connectivity index (χ1n) is 5.18. The van der Waals surface area contributed by atoms with Crippen LogP contribution in [0.15, 0.2) is 12.2 Å². The highest BCUT2D eigenvalue weighted by Gasteiger charge is 1.90. The smallest absolute Gasteiger partial charge is 0.128 e.